The number of rotatable bonds is 8. The Hall–Kier alpha value is -3.33. The summed E-state index contributed by atoms with van der Waals surface area (Å²) in [6, 6.07) is 23.6. The number of carbonyl (C=O) groups is 1. The average Bonchev–Trinajstić information content (AvgIpc) is 3.49. The summed E-state index contributed by atoms with van der Waals surface area (Å²) in [6.07, 6.45) is 6.79. The van der Waals surface area contributed by atoms with Crippen LogP contribution in [-0.2, 0) is 35.7 Å². The number of pyridine rings is 1. The van der Waals surface area contributed by atoms with Crippen LogP contribution in [0.1, 0.15) is 128 Å². The predicted octanol–water partition coefficient (Wildman–Crippen LogP) is 12.5. The molecular weight excluding hydrogens is 791 g/mol. The number of aromatic nitrogens is 1. The van der Waals surface area contributed by atoms with Gasteiger partial charge >= 0.3 is 0 Å². The molecule has 1 N–H and O–H groups in total. The molecule has 50 heavy (non-hydrogen) atoms. The monoisotopic (exact) mass is 847 g/mol. The minimum Gasteiger partial charge on any atom is -0.512 e. The first-order chi connectivity index (χ1) is 23.0. The Morgan fingerprint density at radius 3 is 2.06 bits per heavy atom. The van der Waals surface area contributed by atoms with E-state index in [1.165, 1.54) is 61.4 Å². The number of aliphatic hydroxyl groups excluding tert-OH is 1. The van der Waals surface area contributed by atoms with Gasteiger partial charge in [-0.25, -0.2) is 0 Å². The van der Waals surface area contributed by atoms with Crippen molar-refractivity contribution in [2.75, 3.05) is 0 Å². The second kappa shape index (κ2) is 14.4. The molecule has 1 radical (unpaired) electrons. The van der Waals surface area contributed by atoms with Gasteiger partial charge in [0, 0.05) is 54.0 Å². The Bertz CT molecular complexity index is 1980. The number of hydrogen-bond acceptors (Lipinski definition) is 3. The molecule has 0 fully saturated rings. The Morgan fingerprint density at radius 1 is 0.840 bits per heavy atom. The summed E-state index contributed by atoms with van der Waals surface area (Å²) in [5.41, 5.74) is 12.5. The minimum atomic E-state index is -0.337. The van der Waals surface area contributed by atoms with Gasteiger partial charge in [0.2, 0.25) is 0 Å². The zero-order valence-electron chi connectivity index (χ0n) is 32.3. The molecule has 2 aliphatic carbocycles. The number of fused-ring (bicyclic) bond motifs is 5. The van der Waals surface area contributed by atoms with Crippen molar-refractivity contribution in [2.45, 2.75) is 120 Å². The van der Waals surface area contributed by atoms with Gasteiger partial charge in [-0.1, -0.05) is 123 Å². The SMILES string of the molecule is CCC(C)(CC)C(=O)/C=C(\O)C(C)(CC)CC.Cc1cc(C)c2cnc(-c3[c-]ccc4c3C(C)(C)C3=C4C(C)(C)c4ccccc43)cc2c1.[Ir]. The van der Waals surface area contributed by atoms with Gasteiger partial charge in [0.05, 0.1) is 0 Å². The molecule has 4 aromatic rings. The zero-order chi connectivity index (χ0) is 36.1. The van der Waals surface area contributed by atoms with E-state index in [-0.39, 0.29) is 53.3 Å². The third kappa shape index (κ3) is 6.48. The topological polar surface area (TPSA) is 50.2 Å². The molecule has 4 heteroatoms. The molecule has 0 amide bonds. The van der Waals surface area contributed by atoms with Crippen molar-refractivity contribution in [1.29, 1.82) is 0 Å². The largest absolute Gasteiger partial charge is 0.512 e. The molecule has 0 aliphatic heterocycles. The van der Waals surface area contributed by atoms with E-state index in [9.17, 15) is 9.90 Å². The summed E-state index contributed by atoms with van der Waals surface area (Å²) in [5.74, 6) is 0.286. The number of hydrogen-bond donors (Lipinski definition) is 1. The van der Waals surface area contributed by atoms with Crippen molar-refractivity contribution in [1.82, 2.24) is 4.98 Å². The fourth-order valence-electron chi connectivity index (χ4n) is 8.08. The molecule has 0 saturated carbocycles. The maximum Gasteiger partial charge on any atom is 0.164 e. The Balaban J connectivity index is 0.000000269. The fraction of sp³-hybridized carbons (Fsp3) is 0.435. The van der Waals surface area contributed by atoms with E-state index in [0.717, 1.165) is 36.9 Å². The van der Waals surface area contributed by atoms with Crippen LogP contribution in [0.15, 0.2) is 72.6 Å². The van der Waals surface area contributed by atoms with E-state index >= 15 is 0 Å². The second-order valence-corrected chi connectivity index (χ2v) is 16.0. The van der Waals surface area contributed by atoms with Crippen LogP contribution in [0, 0.1) is 30.7 Å². The Kier molecular flexibility index (Phi) is 11.3. The Labute approximate surface area is 315 Å². The molecule has 1 heterocycles. The maximum absolute atomic E-state index is 12.2. The van der Waals surface area contributed by atoms with Crippen LogP contribution >= 0.6 is 0 Å². The van der Waals surface area contributed by atoms with Gasteiger partial charge in [-0.05, 0) is 83.9 Å². The summed E-state index contributed by atoms with van der Waals surface area (Å²) in [6.45, 7) is 25.9. The van der Waals surface area contributed by atoms with Crippen LogP contribution in [0.5, 0.6) is 0 Å². The number of benzene rings is 3. The summed E-state index contributed by atoms with van der Waals surface area (Å²) >= 11 is 0. The van der Waals surface area contributed by atoms with Crippen molar-refractivity contribution in [2.24, 2.45) is 10.8 Å². The van der Waals surface area contributed by atoms with E-state index in [0.29, 0.717) is 0 Å². The first-order valence-corrected chi connectivity index (χ1v) is 18.2. The van der Waals surface area contributed by atoms with Gasteiger partial charge in [0.15, 0.2) is 5.78 Å². The Morgan fingerprint density at radius 2 is 1.44 bits per heavy atom. The summed E-state index contributed by atoms with van der Waals surface area (Å²) < 4.78 is 0. The van der Waals surface area contributed by atoms with E-state index in [1.807, 2.05) is 47.7 Å². The van der Waals surface area contributed by atoms with E-state index in [4.69, 9.17) is 4.98 Å². The fourth-order valence-corrected chi connectivity index (χ4v) is 8.08. The number of nitrogens with zero attached hydrogens (tertiary/aromatic N) is 1. The van der Waals surface area contributed by atoms with Crippen LogP contribution in [0.4, 0.5) is 0 Å². The van der Waals surface area contributed by atoms with Gasteiger partial charge < -0.3 is 10.1 Å². The van der Waals surface area contributed by atoms with Crippen LogP contribution in [0.2, 0.25) is 0 Å². The van der Waals surface area contributed by atoms with Crippen molar-refractivity contribution in [3.8, 4) is 11.3 Å². The first-order valence-electron chi connectivity index (χ1n) is 18.2. The first kappa shape index (κ1) is 39.5. The number of carbonyl (C=O) groups excluding carboxylic acids is 1. The minimum absolute atomic E-state index is 0. The molecule has 0 atom stereocenters. The normalized spacial score (nSPS) is 15.9. The van der Waals surface area contributed by atoms with Crippen LogP contribution < -0.4 is 0 Å². The van der Waals surface area contributed by atoms with E-state index < -0.39 is 0 Å². The molecule has 0 spiro atoms. The molecule has 1 aromatic heterocycles. The van der Waals surface area contributed by atoms with Crippen LogP contribution in [0.3, 0.4) is 0 Å². The zero-order valence-corrected chi connectivity index (χ0v) is 34.7. The van der Waals surface area contributed by atoms with E-state index in [1.54, 1.807) is 0 Å². The van der Waals surface area contributed by atoms with Gasteiger partial charge in [0.25, 0.3) is 0 Å². The van der Waals surface area contributed by atoms with Crippen molar-refractivity contribution in [3.63, 3.8) is 0 Å². The van der Waals surface area contributed by atoms with Gasteiger partial charge in [0.1, 0.15) is 5.76 Å². The van der Waals surface area contributed by atoms with E-state index in [2.05, 4.69) is 102 Å². The average molecular weight is 847 g/mol. The molecule has 3 aromatic carbocycles. The van der Waals surface area contributed by atoms with Crippen molar-refractivity contribution >= 4 is 27.7 Å². The van der Waals surface area contributed by atoms with Crippen LogP contribution in [-0.4, -0.2) is 15.9 Å². The molecule has 2 aliphatic rings. The summed E-state index contributed by atoms with van der Waals surface area (Å²) in [5, 5.41) is 12.6. The molecule has 267 valence electrons. The number of aryl methyl sites for hydroxylation is 2. The quantitative estimate of drug-likeness (QED) is 0.109. The molecule has 3 nitrogen and oxygen atoms in total. The summed E-state index contributed by atoms with van der Waals surface area (Å²) in [4.78, 5) is 17.1. The maximum atomic E-state index is 12.2. The van der Waals surface area contributed by atoms with Crippen LogP contribution in [0.25, 0.3) is 33.2 Å². The molecule has 6 rings (SSSR count). The molecule has 0 saturated heterocycles. The van der Waals surface area contributed by atoms with Gasteiger partial charge in [-0.2, -0.15) is 0 Å². The summed E-state index contributed by atoms with van der Waals surface area (Å²) in [7, 11) is 0. The smallest absolute Gasteiger partial charge is 0.164 e. The number of ketones is 1. The van der Waals surface area contributed by atoms with Crippen molar-refractivity contribution < 1.29 is 30.0 Å². The predicted molar refractivity (Wildman–Crippen MR) is 208 cm³/mol. The second-order valence-electron chi connectivity index (χ2n) is 16.0. The third-order valence-corrected chi connectivity index (χ3v) is 12.3. The molecular formula is C46H56IrNO2-. The third-order valence-electron chi connectivity index (χ3n) is 12.3. The standard InChI is InChI=1S/C31H28N.C15H28O2.Ir/c1-18-14-19(2)24-17-32-26(16-20(24)15-18)22-11-9-12-23-27(22)31(5,6)28-21-10-7-8-13-25(21)30(3,4)29(23)28;1-7-14(5,8-2)12(16)11-13(17)15(6,9-3)10-4;/h7-10,12-17H,1-6H3;11,16H,7-10H2,1-6H3;/q-1;;/b;12-11-;. The van der Waals surface area contributed by atoms with Gasteiger partial charge in [-0.3, -0.25) is 4.79 Å². The molecule has 0 bridgehead atoms. The molecule has 0 unspecified atom stereocenters. The van der Waals surface area contributed by atoms with Crippen molar-refractivity contribution in [3.05, 3.63) is 112 Å². The number of aliphatic hydroxyl groups is 1. The number of allylic oxidation sites excluding steroid dienone is 4. The van der Waals surface area contributed by atoms with Gasteiger partial charge in [-0.15, -0.1) is 29.3 Å².